The molecule has 0 heterocycles. The Balaban J connectivity index is 1.38. The lowest BCUT2D eigenvalue weighted by molar-refractivity contribution is -0.130. The Kier molecular flexibility index (Phi) is 3.46. The zero-order valence-electron chi connectivity index (χ0n) is 16.0. The van der Waals surface area contributed by atoms with Crippen molar-refractivity contribution in [3.63, 3.8) is 0 Å². The van der Waals surface area contributed by atoms with E-state index in [4.69, 9.17) is 0 Å². The first-order valence-corrected chi connectivity index (χ1v) is 11.0. The lowest BCUT2D eigenvalue weighted by Crippen LogP contribution is -2.41. The first-order chi connectivity index (χ1) is 13.2. The molecule has 2 saturated carbocycles. The number of benzene rings is 2. The third kappa shape index (κ3) is 2.40. The van der Waals surface area contributed by atoms with E-state index >= 15 is 0 Å². The van der Waals surface area contributed by atoms with Gasteiger partial charge >= 0.3 is 0 Å². The Hall–Kier alpha value is -1.89. The molecule has 138 valence electrons. The molecule has 1 heteroatoms. The zero-order chi connectivity index (χ0) is 18.0. The Morgan fingerprint density at radius 1 is 0.889 bits per heavy atom. The molecule has 2 fully saturated rings. The maximum Gasteiger partial charge on any atom is 0.144 e. The fraction of sp³-hybridized carbons (Fsp3) is 0.500. The van der Waals surface area contributed by atoms with E-state index < -0.39 is 0 Å². The first kappa shape index (κ1) is 16.1. The number of hydrogen-bond donors (Lipinski definition) is 0. The highest BCUT2D eigenvalue weighted by Crippen LogP contribution is 2.56. The summed E-state index contributed by atoms with van der Waals surface area (Å²) in [6.07, 6.45) is 15.4. The number of fused-ring (bicyclic) bond motifs is 5. The van der Waals surface area contributed by atoms with Crippen LogP contribution >= 0.6 is 0 Å². The van der Waals surface area contributed by atoms with Gasteiger partial charge in [-0.05, 0) is 77.3 Å². The van der Waals surface area contributed by atoms with Crippen molar-refractivity contribution >= 4 is 16.6 Å². The van der Waals surface area contributed by atoms with E-state index in [0.29, 0.717) is 24.0 Å². The van der Waals surface area contributed by atoms with Crippen LogP contribution in [-0.4, -0.2) is 5.78 Å². The highest BCUT2D eigenvalue weighted by Gasteiger charge is 2.54. The van der Waals surface area contributed by atoms with Crippen molar-refractivity contribution in [1.82, 2.24) is 0 Å². The van der Waals surface area contributed by atoms with Crippen molar-refractivity contribution in [1.29, 1.82) is 0 Å². The summed E-state index contributed by atoms with van der Waals surface area (Å²) in [6.45, 7) is 0. The van der Waals surface area contributed by atoms with Crippen LogP contribution in [0.2, 0.25) is 0 Å². The van der Waals surface area contributed by atoms with Crippen LogP contribution in [0.25, 0.3) is 10.8 Å². The molecule has 2 bridgehead atoms. The summed E-state index contributed by atoms with van der Waals surface area (Å²) in [5, 5.41) is 2.70. The summed E-state index contributed by atoms with van der Waals surface area (Å²) in [5.41, 5.74) is 4.17. The third-order valence-electron chi connectivity index (χ3n) is 8.18. The van der Waals surface area contributed by atoms with Crippen LogP contribution < -0.4 is 0 Å². The minimum Gasteiger partial charge on any atom is -0.299 e. The molecule has 27 heavy (non-hydrogen) atoms. The second kappa shape index (κ2) is 5.80. The van der Waals surface area contributed by atoms with Gasteiger partial charge in [0.2, 0.25) is 0 Å². The minimum absolute atomic E-state index is 0.0812. The molecule has 1 nitrogen and oxygen atoms in total. The molecule has 2 aromatic carbocycles. The van der Waals surface area contributed by atoms with Gasteiger partial charge in [-0.15, -0.1) is 0 Å². The van der Waals surface area contributed by atoms with E-state index in [1.165, 1.54) is 66.0 Å². The van der Waals surface area contributed by atoms with Gasteiger partial charge < -0.3 is 0 Å². The van der Waals surface area contributed by atoms with E-state index in [9.17, 15) is 4.79 Å². The number of carbonyl (C=O) groups excluding carboxylic acids is 1. The fourth-order valence-corrected chi connectivity index (χ4v) is 6.70. The van der Waals surface area contributed by atoms with Crippen LogP contribution in [0.1, 0.15) is 67.6 Å². The van der Waals surface area contributed by atoms with Crippen molar-refractivity contribution in [2.75, 3.05) is 0 Å². The number of ketones is 1. The molecule has 4 aliphatic carbocycles. The van der Waals surface area contributed by atoms with Crippen molar-refractivity contribution in [2.45, 2.75) is 63.7 Å². The van der Waals surface area contributed by atoms with Crippen molar-refractivity contribution in [2.24, 2.45) is 17.3 Å². The molecule has 0 aliphatic heterocycles. The number of allylic oxidation sites excluding steroid dienone is 2. The lowest BCUT2D eigenvalue weighted by Gasteiger charge is -2.38. The zero-order valence-corrected chi connectivity index (χ0v) is 16.0. The molecule has 0 saturated heterocycles. The summed E-state index contributed by atoms with van der Waals surface area (Å²) in [7, 11) is 0. The van der Waals surface area contributed by atoms with Crippen molar-refractivity contribution in [3.8, 4) is 0 Å². The smallest absolute Gasteiger partial charge is 0.144 e. The van der Waals surface area contributed by atoms with Gasteiger partial charge in [0, 0.05) is 11.8 Å². The van der Waals surface area contributed by atoms with E-state index in [2.05, 4.69) is 42.5 Å². The van der Waals surface area contributed by atoms with E-state index in [0.717, 1.165) is 18.8 Å². The number of carbonyl (C=O) groups is 1. The van der Waals surface area contributed by atoms with Gasteiger partial charge in [-0.3, -0.25) is 4.79 Å². The number of Topliss-reactive ketones (excluding diaryl/α,β-unsaturated/α-hetero) is 1. The molecule has 0 amide bonds. The average Bonchev–Trinajstić information content (AvgIpc) is 3.30. The molecule has 6 rings (SSSR count). The molecule has 1 spiro atoms. The summed E-state index contributed by atoms with van der Waals surface area (Å²) >= 11 is 0. The SMILES string of the molecule is O=C1Cc2cc3cc(C4CCCCC4)ccc3cc2CC12CC1C=CC2C1. The minimum atomic E-state index is -0.0812. The molecule has 0 N–H and O–H groups in total. The standard InChI is InChI=1S/C26H28O/c27-25-14-22-13-21-11-19(18-4-2-1-3-5-18)7-8-20(21)12-23(22)16-26(25)15-17-6-9-24(26)10-17/h6-9,11-13,17-18,24H,1-5,10,14-16H2. The van der Waals surface area contributed by atoms with Crippen LogP contribution in [0.15, 0.2) is 42.5 Å². The van der Waals surface area contributed by atoms with Crippen LogP contribution in [0.5, 0.6) is 0 Å². The number of hydrogen-bond acceptors (Lipinski definition) is 1. The highest BCUT2D eigenvalue weighted by molar-refractivity contribution is 5.93. The van der Waals surface area contributed by atoms with E-state index in [1.807, 2.05) is 0 Å². The van der Waals surface area contributed by atoms with Crippen LogP contribution in [0.4, 0.5) is 0 Å². The van der Waals surface area contributed by atoms with Crippen molar-refractivity contribution < 1.29 is 4.79 Å². The summed E-state index contributed by atoms with van der Waals surface area (Å²) in [4.78, 5) is 13.2. The fourth-order valence-electron chi connectivity index (χ4n) is 6.70. The normalized spacial score (nSPS) is 32.5. The quantitative estimate of drug-likeness (QED) is 0.561. The van der Waals surface area contributed by atoms with Gasteiger partial charge in [0.05, 0.1) is 0 Å². The summed E-state index contributed by atoms with van der Waals surface area (Å²) < 4.78 is 0. The molecule has 2 aromatic rings. The van der Waals surface area contributed by atoms with Gasteiger partial charge in [0.1, 0.15) is 5.78 Å². The van der Waals surface area contributed by atoms with Crippen molar-refractivity contribution in [3.05, 3.63) is 59.2 Å². The maximum atomic E-state index is 13.2. The first-order valence-electron chi connectivity index (χ1n) is 11.0. The Morgan fingerprint density at radius 3 is 2.52 bits per heavy atom. The summed E-state index contributed by atoms with van der Waals surface area (Å²) in [6, 6.07) is 11.9. The summed E-state index contributed by atoms with van der Waals surface area (Å²) in [5.74, 6) is 2.39. The lowest BCUT2D eigenvalue weighted by atomic mass is 9.63. The Labute approximate surface area is 161 Å². The van der Waals surface area contributed by atoms with Crippen LogP contribution in [0, 0.1) is 17.3 Å². The van der Waals surface area contributed by atoms with Gasteiger partial charge in [-0.25, -0.2) is 0 Å². The van der Waals surface area contributed by atoms with Gasteiger partial charge in [0.15, 0.2) is 0 Å². The van der Waals surface area contributed by atoms with Crippen LogP contribution in [-0.2, 0) is 17.6 Å². The highest BCUT2D eigenvalue weighted by atomic mass is 16.1. The molecule has 0 radical (unpaired) electrons. The predicted molar refractivity (Wildman–Crippen MR) is 110 cm³/mol. The van der Waals surface area contributed by atoms with Gasteiger partial charge in [-0.2, -0.15) is 0 Å². The van der Waals surface area contributed by atoms with Gasteiger partial charge in [0.25, 0.3) is 0 Å². The maximum absolute atomic E-state index is 13.2. The third-order valence-corrected chi connectivity index (χ3v) is 8.18. The molecule has 3 unspecified atom stereocenters. The number of rotatable bonds is 1. The Bertz CT molecular complexity index is 962. The van der Waals surface area contributed by atoms with Crippen LogP contribution in [0.3, 0.4) is 0 Å². The van der Waals surface area contributed by atoms with E-state index in [1.54, 1.807) is 0 Å². The second-order valence-corrected chi connectivity index (χ2v) is 9.69. The van der Waals surface area contributed by atoms with Gasteiger partial charge in [-0.1, -0.05) is 61.7 Å². The monoisotopic (exact) mass is 356 g/mol. The second-order valence-electron chi connectivity index (χ2n) is 9.69. The Morgan fingerprint density at radius 2 is 1.74 bits per heavy atom. The molecular weight excluding hydrogens is 328 g/mol. The molecular formula is C26H28O. The molecule has 4 aliphatic rings. The largest absolute Gasteiger partial charge is 0.299 e. The topological polar surface area (TPSA) is 17.1 Å². The molecule has 0 aromatic heterocycles. The molecule has 3 atom stereocenters. The van der Waals surface area contributed by atoms with E-state index in [-0.39, 0.29) is 5.41 Å². The predicted octanol–water partition coefficient (Wildman–Crippen LogP) is 6.14. The average molecular weight is 357 g/mol.